The normalized spacial score (nSPS) is 16.2. The van der Waals surface area contributed by atoms with E-state index >= 15 is 0 Å². The zero-order chi connectivity index (χ0) is 12.3. The molecule has 0 aliphatic carbocycles. The lowest BCUT2D eigenvalue weighted by Crippen LogP contribution is -2.36. The molecular formula is C13H21N3O. The largest absolute Gasteiger partial charge is 0.364 e. The maximum absolute atomic E-state index is 11.7. The van der Waals surface area contributed by atoms with E-state index < -0.39 is 0 Å². The van der Waals surface area contributed by atoms with Gasteiger partial charge in [0, 0.05) is 43.0 Å². The van der Waals surface area contributed by atoms with E-state index in [0.29, 0.717) is 0 Å². The fourth-order valence-corrected chi connectivity index (χ4v) is 2.32. The fourth-order valence-electron chi connectivity index (χ4n) is 2.32. The van der Waals surface area contributed by atoms with Crippen LogP contribution in [0.2, 0.25) is 0 Å². The van der Waals surface area contributed by atoms with E-state index in [0.717, 1.165) is 50.3 Å². The number of pyridine rings is 1. The lowest BCUT2D eigenvalue weighted by atomic mass is 10.1. The van der Waals surface area contributed by atoms with Crippen LogP contribution in [-0.2, 0) is 13.0 Å². The van der Waals surface area contributed by atoms with E-state index in [1.54, 1.807) is 12.3 Å². The second-order valence-electron chi connectivity index (χ2n) is 4.98. The van der Waals surface area contributed by atoms with Gasteiger partial charge in [0.1, 0.15) is 0 Å². The number of aromatic nitrogens is 1. The molecule has 0 atom stereocenters. The van der Waals surface area contributed by atoms with Crippen LogP contribution in [0, 0.1) is 0 Å². The monoisotopic (exact) mass is 235 g/mol. The molecule has 1 aliphatic rings. The molecule has 2 heterocycles. The molecule has 0 fully saturated rings. The first-order chi connectivity index (χ1) is 8.16. The zero-order valence-corrected chi connectivity index (χ0v) is 10.7. The lowest BCUT2D eigenvalue weighted by Gasteiger charge is -2.28. The van der Waals surface area contributed by atoms with Gasteiger partial charge < -0.3 is 9.88 Å². The van der Waals surface area contributed by atoms with Crippen LogP contribution in [0.5, 0.6) is 0 Å². The molecule has 0 spiro atoms. The summed E-state index contributed by atoms with van der Waals surface area (Å²) < 4.78 is 0. The van der Waals surface area contributed by atoms with Gasteiger partial charge in [-0.2, -0.15) is 0 Å². The highest BCUT2D eigenvalue weighted by Crippen LogP contribution is 2.13. The van der Waals surface area contributed by atoms with E-state index in [4.69, 9.17) is 0 Å². The molecule has 1 aromatic rings. The Morgan fingerprint density at radius 2 is 2.29 bits per heavy atom. The first-order valence-electron chi connectivity index (χ1n) is 6.23. The standard InChI is InChI=1S/C13H21N3O/c1-15(2)7-3-8-16-9-5-12-11(10-16)13(17)4-6-14-12/h4,6H,3,5,7-10H2,1-2H3,(H,14,17). The third kappa shape index (κ3) is 3.17. The van der Waals surface area contributed by atoms with Gasteiger partial charge in [-0.05, 0) is 33.6 Å². The van der Waals surface area contributed by atoms with E-state index in [-0.39, 0.29) is 5.43 Å². The molecule has 94 valence electrons. The van der Waals surface area contributed by atoms with Gasteiger partial charge in [0.2, 0.25) is 0 Å². The first kappa shape index (κ1) is 12.3. The first-order valence-corrected chi connectivity index (χ1v) is 6.23. The Labute approximate surface area is 102 Å². The number of rotatable bonds is 4. The van der Waals surface area contributed by atoms with Gasteiger partial charge in [-0.25, -0.2) is 0 Å². The number of H-pyrrole nitrogens is 1. The number of hydrogen-bond acceptors (Lipinski definition) is 3. The Morgan fingerprint density at radius 1 is 1.47 bits per heavy atom. The van der Waals surface area contributed by atoms with Gasteiger partial charge in [-0.1, -0.05) is 0 Å². The molecule has 1 N–H and O–H groups in total. The summed E-state index contributed by atoms with van der Waals surface area (Å²) in [5, 5.41) is 0. The minimum atomic E-state index is 0.177. The molecule has 17 heavy (non-hydrogen) atoms. The summed E-state index contributed by atoms with van der Waals surface area (Å²) in [4.78, 5) is 19.5. The molecule has 2 rings (SSSR count). The third-order valence-corrected chi connectivity index (χ3v) is 3.29. The maximum atomic E-state index is 11.7. The van der Waals surface area contributed by atoms with Crippen molar-refractivity contribution in [1.82, 2.24) is 14.8 Å². The van der Waals surface area contributed by atoms with Gasteiger partial charge in [0.25, 0.3) is 0 Å². The molecule has 0 aromatic carbocycles. The summed E-state index contributed by atoms with van der Waals surface area (Å²) in [6.45, 7) is 4.04. The topological polar surface area (TPSA) is 39.3 Å². The average Bonchev–Trinajstić information content (AvgIpc) is 2.30. The second-order valence-corrected chi connectivity index (χ2v) is 4.98. The average molecular weight is 235 g/mol. The highest BCUT2D eigenvalue weighted by atomic mass is 16.1. The summed E-state index contributed by atoms with van der Waals surface area (Å²) >= 11 is 0. The molecule has 4 nitrogen and oxygen atoms in total. The Hall–Kier alpha value is -1.13. The van der Waals surface area contributed by atoms with E-state index in [2.05, 4.69) is 28.9 Å². The summed E-state index contributed by atoms with van der Waals surface area (Å²) in [5.74, 6) is 0. The molecule has 1 aromatic heterocycles. The summed E-state index contributed by atoms with van der Waals surface area (Å²) in [6, 6.07) is 1.63. The Kier molecular flexibility index (Phi) is 3.97. The molecule has 4 heteroatoms. The summed E-state index contributed by atoms with van der Waals surface area (Å²) in [7, 11) is 4.19. The Bertz CT molecular complexity index is 425. The van der Waals surface area contributed by atoms with Crippen molar-refractivity contribution < 1.29 is 0 Å². The smallest absolute Gasteiger partial charge is 0.186 e. The van der Waals surface area contributed by atoms with Gasteiger partial charge in [-0.15, -0.1) is 0 Å². The minimum Gasteiger partial charge on any atom is -0.364 e. The SMILES string of the molecule is CN(C)CCCN1CCc2[nH]ccc(=O)c2C1. The predicted molar refractivity (Wildman–Crippen MR) is 69.2 cm³/mol. The molecule has 0 unspecified atom stereocenters. The van der Waals surface area contributed by atoms with E-state index in [1.807, 2.05) is 0 Å². The van der Waals surface area contributed by atoms with Crippen molar-refractivity contribution >= 4 is 0 Å². The summed E-state index contributed by atoms with van der Waals surface area (Å²) in [5.41, 5.74) is 2.26. The number of fused-ring (bicyclic) bond motifs is 1. The number of hydrogen-bond donors (Lipinski definition) is 1. The van der Waals surface area contributed by atoms with Crippen molar-refractivity contribution in [1.29, 1.82) is 0 Å². The summed E-state index contributed by atoms with van der Waals surface area (Å²) in [6.07, 6.45) is 3.88. The van der Waals surface area contributed by atoms with Crippen LogP contribution in [0.4, 0.5) is 0 Å². The van der Waals surface area contributed by atoms with Crippen LogP contribution in [0.25, 0.3) is 0 Å². The predicted octanol–water partition coefficient (Wildman–Crippen LogP) is 0.685. The van der Waals surface area contributed by atoms with E-state index in [9.17, 15) is 4.79 Å². The quantitative estimate of drug-likeness (QED) is 0.834. The highest BCUT2D eigenvalue weighted by Gasteiger charge is 2.18. The van der Waals surface area contributed by atoms with Crippen molar-refractivity contribution in [3.05, 3.63) is 33.7 Å². The van der Waals surface area contributed by atoms with E-state index in [1.165, 1.54) is 0 Å². The molecule has 0 saturated heterocycles. The Balaban J connectivity index is 1.94. The zero-order valence-electron chi connectivity index (χ0n) is 10.7. The second kappa shape index (κ2) is 5.47. The third-order valence-electron chi connectivity index (χ3n) is 3.29. The van der Waals surface area contributed by atoms with Crippen molar-refractivity contribution in [3.63, 3.8) is 0 Å². The molecule has 0 amide bonds. The minimum absolute atomic E-state index is 0.177. The highest BCUT2D eigenvalue weighted by molar-refractivity contribution is 5.22. The van der Waals surface area contributed by atoms with Crippen LogP contribution in [-0.4, -0.2) is 48.5 Å². The van der Waals surface area contributed by atoms with Crippen LogP contribution in [0.3, 0.4) is 0 Å². The van der Waals surface area contributed by atoms with Gasteiger partial charge in [0.15, 0.2) is 5.43 Å². The number of nitrogens with zero attached hydrogens (tertiary/aromatic N) is 2. The van der Waals surface area contributed by atoms with Crippen molar-refractivity contribution in [2.24, 2.45) is 0 Å². The van der Waals surface area contributed by atoms with Gasteiger partial charge in [-0.3, -0.25) is 9.69 Å². The number of nitrogens with one attached hydrogen (secondary N) is 1. The Morgan fingerprint density at radius 3 is 3.06 bits per heavy atom. The molecule has 1 aliphatic heterocycles. The van der Waals surface area contributed by atoms with Crippen molar-refractivity contribution in [2.75, 3.05) is 33.7 Å². The molecular weight excluding hydrogens is 214 g/mol. The molecule has 0 radical (unpaired) electrons. The number of aromatic amines is 1. The van der Waals surface area contributed by atoms with Crippen LogP contribution in [0.15, 0.2) is 17.1 Å². The lowest BCUT2D eigenvalue weighted by molar-refractivity contribution is 0.235. The van der Waals surface area contributed by atoms with Crippen LogP contribution < -0.4 is 5.43 Å². The fraction of sp³-hybridized carbons (Fsp3) is 0.615. The molecule has 0 saturated carbocycles. The van der Waals surface area contributed by atoms with Gasteiger partial charge in [0.05, 0.1) is 0 Å². The maximum Gasteiger partial charge on any atom is 0.186 e. The molecule has 0 bridgehead atoms. The van der Waals surface area contributed by atoms with Crippen LogP contribution >= 0.6 is 0 Å². The van der Waals surface area contributed by atoms with Gasteiger partial charge >= 0.3 is 0 Å². The van der Waals surface area contributed by atoms with Crippen molar-refractivity contribution in [2.45, 2.75) is 19.4 Å². The van der Waals surface area contributed by atoms with Crippen LogP contribution in [0.1, 0.15) is 17.7 Å². The van der Waals surface area contributed by atoms with Crippen molar-refractivity contribution in [3.8, 4) is 0 Å².